The van der Waals surface area contributed by atoms with Gasteiger partial charge in [0, 0.05) is 32.7 Å². The molecule has 2 aliphatic rings. The van der Waals surface area contributed by atoms with Crippen LogP contribution in [0.2, 0.25) is 0 Å². The molecule has 1 aromatic carbocycles. The van der Waals surface area contributed by atoms with Gasteiger partial charge in [-0.3, -0.25) is 19.4 Å². The van der Waals surface area contributed by atoms with Crippen molar-refractivity contribution in [1.82, 2.24) is 14.7 Å². The van der Waals surface area contributed by atoms with E-state index in [-0.39, 0.29) is 24.3 Å². The maximum atomic E-state index is 12.8. The average Bonchev–Trinajstić information content (AvgIpc) is 2.93. The molecule has 2 aliphatic heterocycles. The van der Waals surface area contributed by atoms with E-state index in [0.29, 0.717) is 39.1 Å². The number of carbonyl (C=O) groups is 3. The number of piperazine rings is 1. The van der Waals surface area contributed by atoms with Crippen molar-refractivity contribution >= 4 is 17.9 Å². The second-order valence-electron chi connectivity index (χ2n) is 8.34. The summed E-state index contributed by atoms with van der Waals surface area (Å²) in [6, 6.07) is 9.44. The Morgan fingerprint density at radius 3 is 2.32 bits per heavy atom. The normalized spacial score (nSPS) is 21.3. The van der Waals surface area contributed by atoms with Gasteiger partial charge in [-0.2, -0.15) is 0 Å². The first-order valence-electron chi connectivity index (χ1n) is 9.85. The van der Waals surface area contributed by atoms with Crippen LogP contribution in [0.3, 0.4) is 0 Å². The SMILES string of the molecule is CC(C)(C)OC(=O)N1CCN([C@H]2CC(=O)N(CCc3ccccc3)C2=O)CC1. The summed E-state index contributed by atoms with van der Waals surface area (Å²) in [5.74, 6) is -0.229. The van der Waals surface area contributed by atoms with E-state index in [9.17, 15) is 14.4 Å². The van der Waals surface area contributed by atoms with E-state index in [1.165, 1.54) is 4.90 Å². The van der Waals surface area contributed by atoms with E-state index in [1.807, 2.05) is 56.0 Å². The van der Waals surface area contributed by atoms with Crippen LogP contribution in [0.15, 0.2) is 30.3 Å². The zero-order valence-corrected chi connectivity index (χ0v) is 16.9. The highest BCUT2D eigenvalue weighted by Crippen LogP contribution is 2.21. The Morgan fingerprint density at radius 2 is 1.71 bits per heavy atom. The zero-order chi connectivity index (χ0) is 20.3. The number of hydrogen-bond donors (Lipinski definition) is 0. The van der Waals surface area contributed by atoms with Crippen LogP contribution in [0, 0.1) is 0 Å². The van der Waals surface area contributed by atoms with Crippen molar-refractivity contribution < 1.29 is 19.1 Å². The van der Waals surface area contributed by atoms with Crippen LogP contribution in [0.25, 0.3) is 0 Å². The summed E-state index contributed by atoms with van der Waals surface area (Å²) in [6.07, 6.45) is 0.558. The number of nitrogens with zero attached hydrogens (tertiary/aromatic N) is 3. The molecule has 152 valence electrons. The Bertz CT molecular complexity index is 721. The molecule has 7 heteroatoms. The quantitative estimate of drug-likeness (QED) is 0.738. The summed E-state index contributed by atoms with van der Waals surface area (Å²) >= 11 is 0. The highest BCUT2D eigenvalue weighted by atomic mass is 16.6. The van der Waals surface area contributed by atoms with Crippen molar-refractivity contribution in [2.24, 2.45) is 0 Å². The van der Waals surface area contributed by atoms with Crippen LogP contribution < -0.4 is 0 Å². The number of rotatable bonds is 4. The second kappa shape index (κ2) is 8.31. The van der Waals surface area contributed by atoms with Gasteiger partial charge in [-0.15, -0.1) is 0 Å². The smallest absolute Gasteiger partial charge is 0.410 e. The molecule has 2 fully saturated rings. The van der Waals surface area contributed by atoms with E-state index in [4.69, 9.17) is 4.74 Å². The largest absolute Gasteiger partial charge is 0.444 e. The van der Waals surface area contributed by atoms with Crippen molar-refractivity contribution in [1.29, 1.82) is 0 Å². The molecule has 2 heterocycles. The first-order chi connectivity index (χ1) is 13.2. The summed E-state index contributed by atoms with van der Waals surface area (Å²) in [4.78, 5) is 42.4. The minimum absolute atomic E-state index is 0.111. The number of imide groups is 1. The van der Waals surface area contributed by atoms with E-state index in [1.54, 1.807) is 4.90 Å². The number of likely N-dealkylation sites (tertiary alicyclic amines) is 1. The molecule has 0 unspecified atom stereocenters. The third kappa shape index (κ3) is 4.90. The van der Waals surface area contributed by atoms with Crippen LogP contribution in [-0.4, -0.2) is 77.0 Å². The van der Waals surface area contributed by atoms with Gasteiger partial charge in [-0.25, -0.2) is 4.79 Å². The van der Waals surface area contributed by atoms with Gasteiger partial charge >= 0.3 is 6.09 Å². The number of hydrogen-bond acceptors (Lipinski definition) is 5. The van der Waals surface area contributed by atoms with Gasteiger partial charge in [0.05, 0.1) is 12.5 Å². The maximum absolute atomic E-state index is 12.8. The van der Waals surface area contributed by atoms with Gasteiger partial charge in [0.15, 0.2) is 0 Å². The standard InChI is InChI=1S/C21H29N3O4/c1-21(2,3)28-20(27)23-13-11-22(12-14-23)17-15-18(25)24(19(17)26)10-9-16-7-5-4-6-8-16/h4-8,17H,9-15H2,1-3H3/t17-/m0/s1. The lowest BCUT2D eigenvalue weighted by Crippen LogP contribution is -2.54. The first-order valence-corrected chi connectivity index (χ1v) is 9.85. The fourth-order valence-corrected chi connectivity index (χ4v) is 3.61. The molecule has 0 aromatic heterocycles. The Kier molecular flexibility index (Phi) is 6.03. The summed E-state index contributed by atoms with van der Waals surface area (Å²) in [5.41, 5.74) is 0.582. The Morgan fingerprint density at radius 1 is 1.07 bits per heavy atom. The van der Waals surface area contributed by atoms with Crippen molar-refractivity contribution in [2.45, 2.75) is 45.3 Å². The molecule has 0 saturated carbocycles. The van der Waals surface area contributed by atoms with Gasteiger partial charge in [0.2, 0.25) is 11.8 Å². The summed E-state index contributed by atoms with van der Waals surface area (Å²) in [7, 11) is 0. The molecule has 3 amide bonds. The van der Waals surface area contributed by atoms with Gasteiger partial charge in [-0.1, -0.05) is 30.3 Å². The van der Waals surface area contributed by atoms with Gasteiger partial charge in [0.1, 0.15) is 5.60 Å². The van der Waals surface area contributed by atoms with Crippen LogP contribution in [0.5, 0.6) is 0 Å². The molecule has 7 nitrogen and oxygen atoms in total. The summed E-state index contributed by atoms with van der Waals surface area (Å²) in [6.45, 7) is 8.06. The average molecular weight is 387 g/mol. The second-order valence-corrected chi connectivity index (χ2v) is 8.34. The zero-order valence-electron chi connectivity index (χ0n) is 16.9. The minimum atomic E-state index is -0.526. The lowest BCUT2D eigenvalue weighted by molar-refractivity contribution is -0.139. The Labute approximate surface area is 166 Å². The molecule has 3 rings (SSSR count). The first kappa shape index (κ1) is 20.3. The molecule has 0 N–H and O–H groups in total. The number of benzene rings is 1. The van der Waals surface area contributed by atoms with Gasteiger partial charge < -0.3 is 9.64 Å². The summed E-state index contributed by atoms with van der Waals surface area (Å²) < 4.78 is 5.41. The molecule has 0 radical (unpaired) electrons. The minimum Gasteiger partial charge on any atom is -0.444 e. The topological polar surface area (TPSA) is 70.2 Å². The van der Waals surface area contributed by atoms with E-state index < -0.39 is 11.6 Å². The van der Waals surface area contributed by atoms with E-state index >= 15 is 0 Å². The molecular formula is C21H29N3O4. The molecule has 1 aromatic rings. The van der Waals surface area contributed by atoms with Crippen LogP contribution >= 0.6 is 0 Å². The van der Waals surface area contributed by atoms with Crippen molar-refractivity contribution in [3.63, 3.8) is 0 Å². The molecule has 0 bridgehead atoms. The Hall–Kier alpha value is -2.41. The third-order valence-electron chi connectivity index (χ3n) is 5.09. The highest BCUT2D eigenvalue weighted by molar-refractivity contribution is 6.05. The molecule has 0 aliphatic carbocycles. The predicted octanol–water partition coefficient (Wildman–Crippen LogP) is 1.91. The highest BCUT2D eigenvalue weighted by Gasteiger charge is 2.42. The van der Waals surface area contributed by atoms with Crippen molar-refractivity contribution in [2.75, 3.05) is 32.7 Å². The third-order valence-corrected chi connectivity index (χ3v) is 5.09. The van der Waals surface area contributed by atoms with Crippen LogP contribution in [0.4, 0.5) is 4.79 Å². The van der Waals surface area contributed by atoms with Crippen molar-refractivity contribution in [3.05, 3.63) is 35.9 Å². The van der Waals surface area contributed by atoms with Crippen LogP contribution in [0.1, 0.15) is 32.8 Å². The molecule has 28 heavy (non-hydrogen) atoms. The summed E-state index contributed by atoms with van der Waals surface area (Å²) in [5, 5.41) is 0. The predicted molar refractivity (Wildman–Crippen MR) is 105 cm³/mol. The maximum Gasteiger partial charge on any atom is 0.410 e. The number of ether oxygens (including phenoxy) is 1. The molecular weight excluding hydrogens is 358 g/mol. The monoisotopic (exact) mass is 387 g/mol. The fourth-order valence-electron chi connectivity index (χ4n) is 3.61. The molecule has 0 spiro atoms. The van der Waals surface area contributed by atoms with Gasteiger partial charge in [0.25, 0.3) is 0 Å². The number of amides is 3. The van der Waals surface area contributed by atoms with E-state index in [2.05, 4.69) is 0 Å². The van der Waals surface area contributed by atoms with Crippen molar-refractivity contribution in [3.8, 4) is 0 Å². The van der Waals surface area contributed by atoms with E-state index in [0.717, 1.165) is 5.56 Å². The Balaban J connectivity index is 1.52. The lowest BCUT2D eigenvalue weighted by Gasteiger charge is -2.37. The van der Waals surface area contributed by atoms with Gasteiger partial charge in [-0.05, 0) is 32.8 Å². The lowest BCUT2D eigenvalue weighted by atomic mass is 10.1. The number of carbonyl (C=O) groups excluding carboxylic acids is 3. The fraction of sp³-hybridized carbons (Fsp3) is 0.571. The molecule has 1 atom stereocenters. The van der Waals surface area contributed by atoms with Crippen LogP contribution in [-0.2, 0) is 20.7 Å². The molecule has 2 saturated heterocycles.